The molecule has 0 radical (unpaired) electrons. The van der Waals surface area contributed by atoms with Crippen molar-refractivity contribution in [2.45, 2.75) is 18.6 Å². The summed E-state index contributed by atoms with van der Waals surface area (Å²) in [6.45, 7) is 0. The summed E-state index contributed by atoms with van der Waals surface area (Å²) in [6, 6.07) is 10.1. The van der Waals surface area contributed by atoms with Crippen LogP contribution >= 0.6 is 0 Å². The molecule has 0 bridgehead atoms. The van der Waals surface area contributed by atoms with Crippen molar-refractivity contribution in [3.63, 3.8) is 0 Å². The van der Waals surface area contributed by atoms with Gasteiger partial charge < -0.3 is 10.6 Å². The summed E-state index contributed by atoms with van der Waals surface area (Å²) < 4.78 is 53.1. The highest BCUT2D eigenvalue weighted by Crippen LogP contribution is 2.31. The first-order chi connectivity index (χ1) is 14.7. The van der Waals surface area contributed by atoms with E-state index in [1.807, 2.05) is 0 Å². The molecule has 9 heteroatoms. The van der Waals surface area contributed by atoms with Crippen LogP contribution in [0.3, 0.4) is 0 Å². The minimum atomic E-state index is -4.53. The fraction of sp³-hybridized carbons (Fsp3) is 0.136. The molecule has 2 N–H and O–H groups in total. The molecule has 2 amide bonds. The van der Waals surface area contributed by atoms with Crippen molar-refractivity contribution in [2.75, 3.05) is 5.32 Å². The third kappa shape index (κ3) is 4.25. The zero-order valence-corrected chi connectivity index (χ0v) is 15.8. The lowest BCUT2D eigenvalue weighted by atomic mass is 10.00. The van der Waals surface area contributed by atoms with Gasteiger partial charge >= 0.3 is 6.18 Å². The lowest BCUT2D eigenvalue weighted by molar-refractivity contribution is -0.137. The number of aromatic nitrogens is 1. The highest BCUT2D eigenvalue weighted by atomic mass is 19.4. The largest absolute Gasteiger partial charge is 0.416 e. The van der Waals surface area contributed by atoms with E-state index >= 15 is 0 Å². The van der Waals surface area contributed by atoms with Crippen LogP contribution in [-0.2, 0) is 17.4 Å². The third-order valence-electron chi connectivity index (χ3n) is 4.90. The van der Waals surface area contributed by atoms with Crippen molar-refractivity contribution in [2.24, 2.45) is 0 Å². The molecule has 31 heavy (non-hydrogen) atoms. The first-order valence-corrected chi connectivity index (χ1v) is 9.23. The predicted octanol–water partition coefficient (Wildman–Crippen LogP) is 4.25. The van der Waals surface area contributed by atoms with E-state index in [0.29, 0.717) is 5.69 Å². The molecule has 1 atom stereocenters. The van der Waals surface area contributed by atoms with E-state index in [0.717, 1.165) is 23.8 Å². The van der Waals surface area contributed by atoms with E-state index in [1.54, 1.807) is 6.07 Å². The van der Waals surface area contributed by atoms with Crippen LogP contribution in [0, 0.1) is 5.82 Å². The van der Waals surface area contributed by atoms with Gasteiger partial charge in [0, 0.05) is 17.4 Å². The predicted molar refractivity (Wildman–Crippen MR) is 104 cm³/mol. The quantitative estimate of drug-likeness (QED) is 0.609. The number of benzene rings is 2. The third-order valence-corrected chi connectivity index (χ3v) is 4.90. The van der Waals surface area contributed by atoms with Crippen molar-refractivity contribution < 1.29 is 27.2 Å². The van der Waals surface area contributed by atoms with Gasteiger partial charge in [-0.25, -0.2) is 4.39 Å². The standard InChI is InChI=1S/C22H15F4N3O2/c23-16-2-1-9-27-20(16)19(12-5-7-15(8-6-12)22(24,25)26)29-21(31)14-4-3-13-11-18(30)28-17(13)10-14/h1-10,19H,11H2,(H,28,30)(H,29,31). The summed E-state index contributed by atoms with van der Waals surface area (Å²) in [5, 5.41) is 5.27. The van der Waals surface area contributed by atoms with Crippen LogP contribution in [-0.4, -0.2) is 16.8 Å². The number of carbonyl (C=O) groups excluding carboxylic acids is 2. The normalized spacial score (nSPS) is 14.0. The Balaban J connectivity index is 1.67. The Morgan fingerprint density at radius 3 is 2.52 bits per heavy atom. The fourth-order valence-corrected chi connectivity index (χ4v) is 3.35. The number of nitrogens with zero attached hydrogens (tertiary/aromatic N) is 1. The molecule has 0 aliphatic carbocycles. The van der Waals surface area contributed by atoms with Gasteiger partial charge in [-0.05, 0) is 47.5 Å². The van der Waals surface area contributed by atoms with Gasteiger partial charge in [0.2, 0.25) is 5.91 Å². The van der Waals surface area contributed by atoms with Gasteiger partial charge in [-0.1, -0.05) is 18.2 Å². The van der Waals surface area contributed by atoms with Crippen LogP contribution in [0.1, 0.15) is 38.8 Å². The van der Waals surface area contributed by atoms with Crippen LogP contribution in [0.4, 0.5) is 23.2 Å². The second-order valence-electron chi connectivity index (χ2n) is 6.99. The first kappa shape index (κ1) is 20.5. The minimum Gasteiger partial charge on any atom is -0.339 e. The van der Waals surface area contributed by atoms with Gasteiger partial charge in [0.15, 0.2) is 0 Å². The first-order valence-electron chi connectivity index (χ1n) is 9.23. The van der Waals surface area contributed by atoms with E-state index < -0.39 is 29.5 Å². The Bertz CT molecular complexity index is 1160. The number of fused-ring (bicyclic) bond motifs is 1. The van der Waals surface area contributed by atoms with Crippen molar-refractivity contribution in [3.8, 4) is 0 Å². The zero-order valence-electron chi connectivity index (χ0n) is 15.8. The molecule has 0 saturated carbocycles. The van der Waals surface area contributed by atoms with E-state index in [-0.39, 0.29) is 29.1 Å². The topological polar surface area (TPSA) is 71.1 Å². The van der Waals surface area contributed by atoms with Gasteiger partial charge in [0.25, 0.3) is 5.91 Å². The maximum absolute atomic E-state index is 14.4. The zero-order chi connectivity index (χ0) is 22.2. The highest BCUT2D eigenvalue weighted by Gasteiger charge is 2.31. The van der Waals surface area contributed by atoms with E-state index in [9.17, 15) is 27.2 Å². The monoisotopic (exact) mass is 429 g/mol. The molecular weight excluding hydrogens is 414 g/mol. The SMILES string of the molecule is O=C1Cc2ccc(C(=O)NC(c3ccc(C(F)(F)F)cc3)c3ncccc3F)cc2N1. The molecule has 5 nitrogen and oxygen atoms in total. The molecule has 0 saturated heterocycles. The molecule has 1 aliphatic heterocycles. The van der Waals surface area contributed by atoms with Crippen LogP contribution in [0.25, 0.3) is 0 Å². The summed E-state index contributed by atoms with van der Waals surface area (Å²) >= 11 is 0. The van der Waals surface area contributed by atoms with E-state index in [1.165, 1.54) is 36.5 Å². The van der Waals surface area contributed by atoms with Crippen molar-refractivity contribution in [1.82, 2.24) is 10.3 Å². The summed E-state index contributed by atoms with van der Waals surface area (Å²) in [5.41, 5.74) is 0.689. The average Bonchev–Trinajstić information content (AvgIpc) is 3.11. The number of halogens is 4. The van der Waals surface area contributed by atoms with Crippen LogP contribution in [0.15, 0.2) is 60.8 Å². The number of hydrogen-bond acceptors (Lipinski definition) is 3. The molecule has 2 heterocycles. The van der Waals surface area contributed by atoms with Gasteiger partial charge in [-0.2, -0.15) is 13.2 Å². The Hall–Kier alpha value is -3.75. The smallest absolute Gasteiger partial charge is 0.339 e. The molecule has 3 aromatic rings. The van der Waals surface area contributed by atoms with Gasteiger partial charge in [0.05, 0.1) is 18.0 Å². The van der Waals surface area contributed by atoms with E-state index in [2.05, 4.69) is 15.6 Å². The second-order valence-corrected chi connectivity index (χ2v) is 6.99. The van der Waals surface area contributed by atoms with Crippen LogP contribution in [0.2, 0.25) is 0 Å². The van der Waals surface area contributed by atoms with Crippen molar-refractivity contribution in [1.29, 1.82) is 0 Å². The lowest BCUT2D eigenvalue weighted by Crippen LogP contribution is -2.30. The number of pyridine rings is 1. The summed E-state index contributed by atoms with van der Waals surface area (Å²) in [4.78, 5) is 28.4. The van der Waals surface area contributed by atoms with Gasteiger partial charge in [-0.15, -0.1) is 0 Å². The van der Waals surface area contributed by atoms with E-state index in [4.69, 9.17) is 0 Å². The Morgan fingerprint density at radius 2 is 1.84 bits per heavy atom. The molecule has 2 aromatic carbocycles. The summed E-state index contributed by atoms with van der Waals surface area (Å²) in [5.74, 6) is -1.50. The number of rotatable bonds is 4. The van der Waals surface area contributed by atoms with Crippen LogP contribution in [0.5, 0.6) is 0 Å². The van der Waals surface area contributed by atoms with Crippen LogP contribution < -0.4 is 10.6 Å². The van der Waals surface area contributed by atoms with Gasteiger partial charge in [0.1, 0.15) is 11.5 Å². The minimum absolute atomic E-state index is 0.134. The Kier molecular flexibility index (Phi) is 5.18. The number of amides is 2. The second kappa shape index (κ2) is 7.82. The molecule has 1 aliphatic rings. The molecule has 1 unspecified atom stereocenters. The lowest BCUT2D eigenvalue weighted by Gasteiger charge is -2.20. The maximum atomic E-state index is 14.4. The molecule has 1 aromatic heterocycles. The molecule has 4 rings (SSSR count). The molecule has 158 valence electrons. The maximum Gasteiger partial charge on any atom is 0.416 e. The Labute approximate surface area is 174 Å². The van der Waals surface area contributed by atoms with Gasteiger partial charge in [-0.3, -0.25) is 14.6 Å². The number of hydrogen-bond donors (Lipinski definition) is 2. The molecule has 0 fully saturated rings. The fourth-order valence-electron chi connectivity index (χ4n) is 3.35. The van der Waals surface area contributed by atoms with Crippen molar-refractivity contribution >= 4 is 17.5 Å². The average molecular weight is 429 g/mol. The molecular formula is C22H15F4N3O2. The number of anilines is 1. The Morgan fingerprint density at radius 1 is 1.10 bits per heavy atom. The highest BCUT2D eigenvalue weighted by molar-refractivity contribution is 6.02. The number of carbonyl (C=O) groups is 2. The number of alkyl halides is 3. The summed E-state index contributed by atoms with van der Waals surface area (Å²) in [7, 11) is 0. The van der Waals surface area contributed by atoms with Crippen molar-refractivity contribution in [3.05, 3.63) is 94.6 Å². The number of nitrogens with one attached hydrogen (secondary N) is 2. The summed E-state index contributed by atoms with van der Waals surface area (Å²) in [6.07, 6.45) is -2.99. The molecule has 0 spiro atoms.